The minimum atomic E-state index is -0.626. The predicted molar refractivity (Wildman–Crippen MR) is 41.5 cm³/mol. The van der Waals surface area contributed by atoms with Crippen molar-refractivity contribution in [3.05, 3.63) is 6.08 Å². The fraction of sp³-hybridized carbons (Fsp3) is 0.714. The zero-order valence-corrected chi connectivity index (χ0v) is 7.63. The minimum absolute atomic E-state index is 0.194. The Balaban J connectivity index is 3.19. The molecule has 0 amide bonds. The highest BCUT2D eigenvalue weighted by Gasteiger charge is 2.23. The lowest BCUT2D eigenvalue weighted by Gasteiger charge is -2.21. The van der Waals surface area contributed by atoms with E-state index in [4.69, 9.17) is 4.74 Å². The summed E-state index contributed by atoms with van der Waals surface area (Å²) in [4.78, 5) is 0. The molecular formula is C7H12FN3O. The molecule has 0 radical (unpaired) electrons. The Bertz CT molecular complexity index is 277. The van der Waals surface area contributed by atoms with Gasteiger partial charge in [-0.1, -0.05) is 10.2 Å². The molecule has 0 bridgehead atoms. The van der Waals surface area contributed by atoms with Crippen LogP contribution in [-0.4, -0.2) is 21.9 Å². The standard InChI is InChI=1S/C7H12FN3O/c1-7(2,3)11-5(8)9-10-6(11)12-4/h1-4H3. The monoisotopic (exact) mass is 173 g/mol. The highest BCUT2D eigenvalue weighted by molar-refractivity contribution is 4.98. The molecule has 12 heavy (non-hydrogen) atoms. The van der Waals surface area contributed by atoms with Crippen LogP contribution in [-0.2, 0) is 5.54 Å². The number of aromatic nitrogens is 3. The summed E-state index contributed by atoms with van der Waals surface area (Å²) in [5.74, 6) is 0. The first-order chi connectivity index (χ1) is 5.46. The van der Waals surface area contributed by atoms with Crippen molar-refractivity contribution in [1.29, 1.82) is 0 Å². The quantitative estimate of drug-likeness (QED) is 0.640. The van der Waals surface area contributed by atoms with Crippen molar-refractivity contribution in [3.63, 3.8) is 0 Å². The zero-order valence-electron chi connectivity index (χ0n) is 7.63. The second-order valence-corrected chi connectivity index (χ2v) is 3.46. The normalized spacial score (nSPS) is 11.8. The molecule has 0 unspecified atom stereocenters. The molecule has 0 N–H and O–H groups in total. The summed E-state index contributed by atoms with van der Waals surface area (Å²) in [6.07, 6.45) is -0.626. The SMILES string of the molecule is COc1nnc(F)n1C(C)(C)C. The van der Waals surface area contributed by atoms with E-state index in [1.165, 1.54) is 11.7 Å². The average molecular weight is 173 g/mol. The third-order valence-corrected chi connectivity index (χ3v) is 1.45. The molecule has 68 valence electrons. The maximum atomic E-state index is 13.0. The molecule has 0 saturated heterocycles. The van der Waals surface area contributed by atoms with E-state index in [2.05, 4.69) is 10.2 Å². The maximum absolute atomic E-state index is 13.0. The summed E-state index contributed by atoms with van der Waals surface area (Å²) >= 11 is 0. The van der Waals surface area contributed by atoms with E-state index < -0.39 is 11.6 Å². The number of nitrogens with zero attached hydrogens (tertiary/aromatic N) is 3. The number of halogens is 1. The second kappa shape index (κ2) is 2.73. The molecule has 0 aliphatic carbocycles. The first-order valence-corrected chi connectivity index (χ1v) is 3.62. The maximum Gasteiger partial charge on any atom is 0.319 e. The zero-order chi connectivity index (χ0) is 9.35. The van der Waals surface area contributed by atoms with Gasteiger partial charge >= 0.3 is 12.1 Å². The van der Waals surface area contributed by atoms with Crippen LogP contribution in [0.25, 0.3) is 0 Å². The Kier molecular flexibility index (Phi) is 2.04. The van der Waals surface area contributed by atoms with E-state index in [1.54, 1.807) is 0 Å². The molecule has 1 rings (SSSR count). The lowest BCUT2D eigenvalue weighted by molar-refractivity contribution is 0.268. The van der Waals surface area contributed by atoms with Crippen LogP contribution < -0.4 is 4.74 Å². The van der Waals surface area contributed by atoms with Gasteiger partial charge in [0.05, 0.1) is 7.11 Å². The fourth-order valence-electron chi connectivity index (χ4n) is 0.948. The summed E-state index contributed by atoms with van der Waals surface area (Å²) in [6.45, 7) is 5.55. The van der Waals surface area contributed by atoms with Crippen LogP contribution >= 0.6 is 0 Å². The highest BCUT2D eigenvalue weighted by Crippen LogP contribution is 2.21. The van der Waals surface area contributed by atoms with Crippen LogP contribution in [0.5, 0.6) is 6.01 Å². The Morgan fingerprint density at radius 2 is 1.92 bits per heavy atom. The Morgan fingerprint density at radius 3 is 2.25 bits per heavy atom. The van der Waals surface area contributed by atoms with E-state index in [0.717, 1.165) is 0 Å². The van der Waals surface area contributed by atoms with Crippen LogP contribution in [0.4, 0.5) is 4.39 Å². The van der Waals surface area contributed by atoms with Gasteiger partial charge in [0, 0.05) is 5.54 Å². The molecule has 0 aliphatic heterocycles. The number of rotatable bonds is 1. The third kappa shape index (κ3) is 1.39. The van der Waals surface area contributed by atoms with Gasteiger partial charge in [-0.15, -0.1) is 0 Å². The number of ether oxygens (including phenoxy) is 1. The topological polar surface area (TPSA) is 39.9 Å². The van der Waals surface area contributed by atoms with E-state index in [9.17, 15) is 4.39 Å². The molecule has 0 spiro atoms. The summed E-state index contributed by atoms with van der Waals surface area (Å²) in [6, 6.07) is 0.194. The van der Waals surface area contributed by atoms with Crippen LogP contribution in [0.15, 0.2) is 0 Å². The van der Waals surface area contributed by atoms with Gasteiger partial charge in [0.1, 0.15) is 0 Å². The summed E-state index contributed by atoms with van der Waals surface area (Å²) < 4.78 is 19.1. The lowest BCUT2D eigenvalue weighted by Crippen LogP contribution is -2.24. The van der Waals surface area contributed by atoms with Crippen molar-refractivity contribution in [3.8, 4) is 6.01 Å². The van der Waals surface area contributed by atoms with E-state index in [1.807, 2.05) is 20.8 Å². The number of hydrogen-bond donors (Lipinski definition) is 0. The molecular weight excluding hydrogens is 161 g/mol. The summed E-state index contributed by atoms with van der Waals surface area (Å²) in [7, 11) is 1.44. The van der Waals surface area contributed by atoms with E-state index >= 15 is 0 Å². The molecule has 0 aromatic carbocycles. The summed E-state index contributed by atoms with van der Waals surface area (Å²) in [5, 5.41) is 6.79. The van der Waals surface area contributed by atoms with Gasteiger partial charge in [-0.25, -0.2) is 4.57 Å². The first kappa shape index (κ1) is 8.96. The van der Waals surface area contributed by atoms with Crippen molar-refractivity contribution < 1.29 is 9.13 Å². The summed E-state index contributed by atoms with van der Waals surface area (Å²) in [5.41, 5.74) is -0.404. The number of hydrogen-bond acceptors (Lipinski definition) is 3. The number of methoxy groups -OCH3 is 1. The van der Waals surface area contributed by atoms with Gasteiger partial charge in [0.25, 0.3) is 0 Å². The van der Waals surface area contributed by atoms with Crippen molar-refractivity contribution in [2.24, 2.45) is 0 Å². The highest BCUT2D eigenvalue weighted by atomic mass is 19.1. The molecule has 5 heteroatoms. The van der Waals surface area contributed by atoms with Crippen molar-refractivity contribution in [1.82, 2.24) is 14.8 Å². The molecule has 0 atom stereocenters. The van der Waals surface area contributed by atoms with Crippen molar-refractivity contribution in [2.45, 2.75) is 26.3 Å². The van der Waals surface area contributed by atoms with Crippen LogP contribution in [0.1, 0.15) is 20.8 Å². The van der Waals surface area contributed by atoms with Gasteiger partial charge in [0.2, 0.25) is 0 Å². The minimum Gasteiger partial charge on any atom is -0.467 e. The fourth-order valence-corrected chi connectivity index (χ4v) is 0.948. The molecule has 0 fully saturated rings. The Labute approximate surface area is 70.4 Å². The van der Waals surface area contributed by atoms with Gasteiger partial charge in [-0.05, 0) is 20.8 Å². The largest absolute Gasteiger partial charge is 0.467 e. The van der Waals surface area contributed by atoms with Crippen LogP contribution in [0.3, 0.4) is 0 Å². The van der Waals surface area contributed by atoms with Crippen molar-refractivity contribution >= 4 is 0 Å². The van der Waals surface area contributed by atoms with Crippen LogP contribution in [0.2, 0.25) is 0 Å². The first-order valence-electron chi connectivity index (χ1n) is 3.62. The Morgan fingerprint density at radius 1 is 1.33 bits per heavy atom. The van der Waals surface area contributed by atoms with Gasteiger partial charge in [-0.3, -0.25) is 0 Å². The molecule has 0 aliphatic rings. The third-order valence-electron chi connectivity index (χ3n) is 1.45. The predicted octanol–water partition coefficient (Wildman–Crippen LogP) is 1.18. The van der Waals surface area contributed by atoms with E-state index in [-0.39, 0.29) is 6.01 Å². The van der Waals surface area contributed by atoms with Gasteiger partial charge < -0.3 is 4.74 Å². The van der Waals surface area contributed by atoms with Gasteiger partial charge in [-0.2, -0.15) is 4.39 Å². The molecule has 1 aromatic rings. The Hall–Kier alpha value is -1.13. The van der Waals surface area contributed by atoms with Gasteiger partial charge in [0.15, 0.2) is 0 Å². The second-order valence-electron chi connectivity index (χ2n) is 3.46. The van der Waals surface area contributed by atoms with E-state index in [0.29, 0.717) is 0 Å². The van der Waals surface area contributed by atoms with Crippen molar-refractivity contribution in [2.75, 3.05) is 7.11 Å². The molecule has 1 heterocycles. The smallest absolute Gasteiger partial charge is 0.319 e. The molecule has 0 saturated carbocycles. The molecule has 1 aromatic heterocycles. The average Bonchev–Trinajstić information content (AvgIpc) is 2.29. The van der Waals surface area contributed by atoms with Crippen LogP contribution in [0, 0.1) is 6.08 Å². The molecule has 4 nitrogen and oxygen atoms in total. The lowest BCUT2D eigenvalue weighted by atomic mass is 10.1.